The number of aliphatic hydroxyl groups excluding tert-OH is 1. The quantitative estimate of drug-likeness (QED) is 0.782. The van der Waals surface area contributed by atoms with Crippen molar-refractivity contribution in [3.63, 3.8) is 0 Å². The van der Waals surface area contributed by atoms with Crippen molar-refractivity contribution in [3.8, 4) is 0 Å². The molecule has 0 aliphatic rings. The minimum atomic E-state index is -0.506. The van der Waals surface area contributed by atoms with Crippen LogP contribution in [0.1, 0.15) is 18.6 Å². The molecule has 0 heterocycles. The van der Waals surface area contributed by atoms with Gasteiger partial charge in [-0.05, 0) is 24.6 Å². The second-order valence-electron chi connectivity index (χ2n) is 3.87. The third kappa shape index (κ3) is 3.62. The zero-order valence-corrected chi connectivity index (χ0v) is 10.8. The maximum Gasteiger partial charge on any atom is 0.0762 e. The van der Waals surface area contributed by atoms with Crippen LogP contribution < -0.4 is 4.90 Å². The molecular weight excluding hydrogens is 234 g/mol. The fraction of sp³-hybridized carbons (Fsp3) is 0.286. The fourth-order valence-electron chi connectivity index (χ4n) is 1.62. The summed E-state index contributed by atoms with van der Waals surface area (Å²) in [6.45, 7) is 10.6. The van der Waals surface area contributed by atoms with Crippen LogP contribution in [0.4, 0.5) is 5.69 Å². The first-order valence-corrected chi connectivity index (χ1v) is 5.92. The number of anilines is 1. The number of hydrogen-bond acceptors (Lipinski definition) is 2. The van der Waals surface area contributed by atoms with Crippen molar-refractivity contribution >= 4 is 17.3 Å². The van der Waals surface area contributed by atoms with Gasteiger partial charge >= 0.3 is 0 Å². The van der Waals surface area contributed by atoms with E-state index in [1.807, 2.05) is 24.3 Å². The summed E-state index contributed by atoms with van der Waals surface area (Å²) in [5, 5.41) is 10.1. The molecule has 0 unspecified atom stereocenters. The number of aliphatic hydroxyl groups is 1. The monoisotopic (exact) mass is 251 g/mol. The predicted octanol–water partition coefficient (Wildman–Crippen LogP) is 3.57. The molecule has 1 aromatic rings. The van der Waals surface area contributed by atoms with Crippen LogP contribution in [0.25, 0.3) is 0 Å². The predicted molar refractivity (Wildman–Crippen MR) is 74.7 cm³/mol. The first-order chi connectivity index (χ1) is 8.10. The molecule has 3 heteroatoms. The van der Waals surface area contributed by atoms with Gasteiger partial charge in [0, 0.05) is 13.1 Å². The van der Waals surface area contributed by atoms with E-state index < -0.39 is 6.10 Å². The summed E-state index contributed by atoms with van der Waals surface area (Å²) < 4.78 is 0. The Balaban J connectivity index is 3.03. The van der Waals surface area contributed by atoms with Gasteiger partial charge < -0.3 is 10.0 Å². The highest BCUT2D eigenvalue weighted by molar-refractivity contribution is 6.33. The average Bonchev–Trinajstić information content (AvgIpc) is 2.28. The lowest BCUT2D eigenvalue weighted by atomic mass is 10.1. The molecule has 0 spiro atoms. The van der Waals surface area contributed by atoms with Crippen LogP contribution in [0.15, 0.2) is 43.5 Å². The first kappa shape index (κ1) is 13.8. The largest absolute Gasteiger partial charge is 0.389 e. The van der Waals surface area contributed by atoms with E-state index in [0.717, 1.165) is 11.3 Å². The van der Waals surface area contributed by atoms with E-state index >= 15 is 0 Å². The summed E-state index contributed by atoms with van der Waals surface area (Å²) in [5.41, 5.74) is 1.74. The van der Waals surface area contributed by atoms with Crippen molar-refractivity contribution in [3.05, 3.63) is 54.1 Å². The van der Waals surface area contributed by atoms with E-state index in [1.165, 1.54) is 0 Å². The topological polar surface area (TPSA) is 23.5 Å². The molecule has 0 aromatic heterocycles. The van der Waals surface area contributed by atoms with E-state index in [0.29, 0.717) is 18.1 Å². The minimum Gasteiger partial charge on any atom is -0.389 e. The van der Waals surface area contributed by atoms with Gasteiger partial charge in [0.15, 0.2) is 0 Å². The van der Waals surface area contributed by atoms with Crippen molar-refractivity contribution in [1.82, 2.24) is 0 Å². The van der Waals surface area contributed by atoms with Crippen molar-refractivity contribution in [2.45, 2.75) is 13.0 Å². The third-order valence-electron chi connectivity index (χ3n) is 2.49. The second kappa shape index (κ2) is 6.48. The Labute approximate surface area is 108 Å². The molecule has 1 atom stereocenters. The van der Waals surface area contributed by atoms with E-state index in [9.17, 15) is 5.11 Å². The van der Waals surface area contributed by atoms with Crippen LogP contribution in [-0.2, 0) is 0 Å². The smallest absolute Gasteiger partial charge is 0.0762 e. The first-order valence-electron chi connectivity index (χ1n) is 5.54. The molecule has 2 nitrogen and oxygen atoms in total. The fourth-order valence-corrected chi connectivity index (χ4v) is 1.93. The maximum absolute atomic E-state index is 9.48. The second-order valence-corrected chi connectivity index (χ2v) is 4.28. The summed E-state index contributed by atoms with van der Waals surface area (Å²) in [6.07, 6.45) is 3.14. The molecule has 1 N–H and O–H groups in total. The lowest BCUT2D eigenvalue weighted by molar-refractivity contribution is 0.199. The Morgan fingerprint density at radius 1 is 1.35 bits per heavy atom. The molecule has 0 bridgehead atoms. The van der Waals surface area contributed by atoms with Gasteiger partial charge in [-0.3, -0.25) is 0 Å². The van der Waals surface area contributed by atoms with E-state index in [-0.39, 0.29) is 0 Å². The third-order valence-corrected chi connectivity index (χ3v) is 2.80. The Kier molecular flexibility index (Phi) is 5.26. The van der Waals surface area contributed by atoms with Crippen LogP contribution in [0, 0.1) is 0 Å². The van der Waals surface area contributed by atoms with E-state index in [2.05, 4.69) is 18.1 Å². The van der Waals surface area contributed by atoms with Gasteiger partial charge in [-0.25, -0.2) is 0 Å². The Bertz CT molecular complexity index is 391. The van der Waals surface area contributed by atoms with Crippen LogP contribution in [0.2, 0.25) is 5.02 Å². The molecule has 0 aliphatic carbocycles. The number of halogens is 1. The standard InChI is InChI=1S/C14H18ClNO/c1-4-8-16(9-5-2)14-7-6-12(11(3)17)10-13(14)15/h4-7,10-11,17H,1-2,8-9H2,3H3/t11-/m1/s1. The van der Waals surface area contributed by atoms with Crippen molar-refractivity contribution in [2.24, 2.45) is 0 Å². The number of nitrogens with zero attached hydrogens (tertiary/aromatic N) is 1. The zero-order valence-electron chi connectivity index (χ0n) is 10.1. The van der Waals surface area contributed by atoms with Crippen molar-refractivity contribution in [2.75, 3.05) is 18.0 Å². The van der Waals surface area contributed by atoms with Gasteiger partial charge in [-0.15, -0.1) is 13.2 Å². The minimum absolute atomic E-state index is 0.506. The molecule has 0 fully saturated rings. The number of benzene rings is 1. The summed E-state index contributed by atoms with van der Waals surface area (Å²) >= 11 is 6.22. The van der Waals surface area contributed by atoms with E-state index in [1.54, 1.807) is 13.0 Å². The zero-order chi connectivity index (χ0) is 12.8. The van der Waals surface area contributed by atoms with Crippen LogP contribution in [0.3, 0.4) is 0 Å². The molecule has 92 valence electrons. The normalized spacial score (nSPS) is 11.9. The molecule has 1 aromatic carbocycles. The molecule has 0 saturated heterocycles. The summed E-state index contributed by atoms with van der Waals surface area (Å²) in [5.74, 6) is 0. The van der Waals surface area contributed by atoms with Crippen molar-refractivity contribution < 1.29 is 5.11 Å². The Morgan fingerprint density at radius 2 is 1.94 bits per heavy atom. The van der Waals surface area contributed by atoms with Gasteiger partial charge in [-0.1, -0.05) is 29.8 Å². The average molecular weight is 252 g/mol. The lowest BCUT2D eigenvalue weighted by Gasteiger charge is -2.23. The molecule has 0 radical (unpaired) electrons. The highest BCUT2D eigenvalue weighted by atomic mass is 35.5. The molecule has 0 saturated carbocycles. The Hall–Kier alpha value is -1.25. The number of rotatable bonds is 6. The van der Waals surface area contributed by atoms with Crippen molar-refractivity contribution in [1.29, 1.82) is 0 Å². The van der Waals surface area contributed by atoms with Crippen LogP contribution >= 0.6 is 11.6 Å². The SMILES string of the molecule is C=CCN(CC=C)c1ccc([C@@H](C)O)cc1Cl. The van der Waals surface area contributed by atoms with Gasteiger partial charge in [0.2, 0.25) is 0 Å². The van der Waals surface area contributed by atoms with Crippen LogP contribution in [0.5, 0.6) is 0 Å². The molecular formula is C14H18ClNO. The van der Waals surface area contributed by atoms with E-state index in [4.69, 9.17) is 11.6 Å². The lowest BCUT2D eigenvalue weighted by Crippen LogP contribution is -2.23. The Morgan fingerprint density at radius 3 is 2.35 bits per heavy atom. The highest BCUT2D eigenvalue weighted by Gasteiger charge is 2.10. The summed E-state index contributed by atoms with van der Waals surface area (Å²) in [4.78, 5) is 2.06. The van der Waals surface area contributed by atoms with Gasteiger partial charge in [0.1, 0.15) is 0 Å². The number of hydrogen-bond donors (Lipinski definition) is 1. The maximum atomic E-state index is 9.48. The van der Waals surface area contributed by atoms with Crippen LogP contribution in [-0.4, -0.2) is 18.2 Å². The van der Waals surface area contributed by atoms with Gasteiger partial charge in [0.05, 0.1) is 16.8 Å². The molecule has 0 amide bonds. The highest BCUT2D eigenvalue weighted by Crippen LogP contribution is 2.29. The summed E-state index contributed by atoms with van der Waals surface area (Å²) in [7, 11) is 0. The van der Waals surface area contributed by atoms with Gasteiger partial charge in [0.25, 0.3) is 0 Å². The molecule has 17 heavy (non-hydrogen) atoms. The molecule has 1 rings (SSSR count). The van der Waals surface area contributed by atoms with Gasteiger partial charge in [-0.2, -0.15) is 0 Å². The summed E-state index contributed by atoms with van der Waals surface area (Å²) in [6, 6.07) is 5.59. The molecule has 0 aliphatic heterocycles.